The predicted molar refractivity (Wildman–Crippen MR) is 84.8 cm³/mol. The molecule has 0 aliphatic rings. The summed E-state index contributed by atoms with van der Waals surface area (Å²) in [6.45, 7) is 7.29. The lowest BCUT2D eigenvalue weighted by atomic mass is 10.1. The fourth-order valence-electron chi connectivity index (χ4n) is 2.05. The van der Waals surface area contributed by atoms with Gasteiger partial charge in [-0.05, 0) is 24.0 Å². The van der Waals surface area contributed by atoms with Gasteiger partial charge < -0.3 is 10.2 Å². The molecule has 0 aliphatic heterocycles. The Balaban J connectivity index is 2.36. The zero-order chi connectivity index (χ0) is 16.5. The summed E-state index contributed by atoms with van der Waals surface area (Å²) in [5.41, 5.74) is 0.378. The third-order valence-electron chi connectivity index (χ3n) is 3.43. The molecule has 0 aliphatic carbocycles. The van der Waals surface area contributed by atoms with Crippen LogP contribution >= 0.6 is 0 Å². The van der Waals surface area contributed by atoms with Crippen molar-refractivity contribution in [3.63, 3.8) is 0 Å². The largest absolute Gasteiger partial charge is 0.354 e. The van der Waals surface area contributed by atoms with E-state index in [2.05, 4.69) is 19.2 Å². The zero-order valence-electron chi connectivity index (χ0n) is 13.6. The molecule has 22 heavy (non-hydrogen) atoms. The molecule has 0 saturated carbocycles. The van der Waals surface area contributed by atoms with Crippen LogP contribution in [0.4, 0.5) is 4.39 Å². The summed E-state index contributed by atoms with van der Waals surface area (Å²) in [7, 11) is 0. The molecule has 0 saturated heterocycles. The number of hydrogen-bond donors (Lipinski definition) is 1. The highest BCUT2D eigenvalue weighted by Crippen LogP contribution is 2.06. The van der Waals surface area contributed by atoms with E-state index in [1.54, 1.807) is 23.1 Å². The second kappa shape index (κ2) is 9.18. The molecule has 0 unspecified atom stereocenters. The van der Waals surface area contributed by atoms with Crippen molar-refractivity contribution in [2.45, 2.75) is 33.6 Å². The minimum Gasteiger partial charge on any atom is -0.354 e. The van der Waals surface area contributed by atoms with Gasteiger partial charge in [-0.25, -0.2) is 4.39 Å². The average Bonchev–Trinajstić information content (AvgIpc) is 2.44. The van der Waals surface area contributed by atoms with Gasteiger partial charge in [-0.1, -0.05) is 32.0 Å². The normalized spacial score (nSPS) is 10.6. The molecule has 122 valence electrons. The average molecular weight is 308 g/mol. The Morgan fingerprint density at radius 2 is 1.91 bits per heavy atom. The fourth-order valence-corrected chi connectivity index (χ4v) is 2.05. The van der Waals surface area contributed by atoms with Gasteiger partial charge in [0.2, 0.25) is 11.8 Å². The first-order valence-electron chi connectivity index (χ1n) is 7.65. The van der Waals surface area contributed by atoms with Gasteiger partial charge in [0, 0.05) is 26.6 Å². The van der Waals surface area contributed by atoms with Crippen LogP contribution in [0, 0.1) is 11.7 Å². The van der Waals surface area contributed by atoms with Crippen LogP contribution in [0.1, 0.15) is 32.8 Å². The summed E-state index contributed by atoms with van der Waals surface area (Å²) in [4.78, 5) is 25.1. The fraction of sp³-hybridized carbons (Fsp3) is 0.529. The van der Waals surface area contributed by atoms with Crippen molar-refractivity contribution in [2.24, 2.45) is 5.92 Å². The molecule has 5 heteroatoms. The predicted octanol–water partition coefficient (Wildman–Crippen LogP) is 2.38. The third kappa shape index (κ3) is 6.70. The van der Waals surface area contributed by atoms with E-state index in [0.717, 1.165) is 6.42 Å². The van der Waals surface area contributed by atoms with Gasteiger partial charge >= 0.3 is 0 Å². The number of benzene rings is 1. The van der Waals surface area contributed by atoms with Gasteiger partial charge in [0.15, 0.2) is 0 Å². The number of rotatable bonds is 8. The summed E-state index contributed by atoms with van der Waals surface area (Å²) in [6.07, 6.45) is 0.946. The molecule has 0 heterocycles. The first-order chi connectivity index (χ1) is 10.4. The number of nitrogens with one attached hydrogen (secondary N) is 1. The molecule has 0 spiro atoms. The van der Waals surface area contributed by atoms with Crippen molar-refractivity contribution in [3.8, 4) is 0 Å². The van der Waals surface area contributed by atoms with Crippen molar-refractivity contribution >= 4 is 11.8 Å². The Labute approximate surface area is 131 Å². The molecule has 1 N–H and O–H groups in total. The smallest absolute Gasteiger partial charge is 0.224 e. The van der Waals surface area contributed by atoms with Gasteiger partial charge in [0.05, 0.1) is 6.42 Å². The first-order valence-corrected chi connectivity index (χ1v) is 7.65. The summed E-state index contributed by atoms with van der Waals surface area (Å²) in [5.74, 6) is -0.0843. The van der Waals surface area contributed by atoms with Crippen LogP contribution in [-0.4, -0.2) is 36.3 Å². The van der Waals surface area contributed by atoms with Crippen LogP contribution in [0.2, 0.25) is 0 Å². The lowest BCUT2D eigenvalue weighted by Crippen LogP contribution is -2.38. The van der Waals surface area contributed by atoms with Crippen molar-refractivity contribution < 1.29 is 14.0 Å². The summed E-state index contributed by atoms with van der Waals surface area (Å²) in [5, 5.41) is 2.73. The zero-order valence-corrected chi connectivity index (χ0v) is 13.6. The lowest BCUT2D eigenvalue weighted by molar-refractivity contribution is -0.129. The highest BCUT2D eigenvalue weighted by Gasteiger charge is 2.11. The number of halogens is 1. The molecule has 1 rings (SSSR count). The van der Waals surface area contributed by atoms with Crippen LogP contribution < -0.4 is 5.32 Å². The Morgan fingerprint density at radius 3 is 2.50 bits per heavy atom. The van der Waals surface area contributed by atoms with E-state index in [4.69, 9.17) is 0 Å². The third-order valence-corrected chi connectivity index (χ3v) is 3.43. The van der Waals surface area contributed by atoms with Gasteiger partial charge in [0.25, 0.3) is 0 Å². The van der Waals surface area contributed by atoms with Crippen LogP contribution in [0.15, 0.2) is 24.3 Å². The van der Waals surface area contributed by atoms with E-state index < -0.39 is 0 Å². The Bertz CT molecular complexity index is 503. The number of hydrogen-bond acceptors (Lipinski definition) is 2. The molecule has 2 amide bonds. The van der Waals surface area contributed by atoms with Gasteiger partial charge in [-0.15, -0.1) is 0 Å². The number of nitrogens with zero attached hydrogens (tertiary/aromatic N) is 1. The molecule has 1 aromatic rings. The second-order valence-electron chi connectivity index (χ2n) is 5.81. The van der Waals surface area contributed by atoms with Gasteiger partial charge in [-0.2, -0.15) is 0 Å². The van der Waals surface area contributed by atoms with Gasteiger partial charge in [-0.3, -0.25) is 9.59 Å². The molecule has 0 radical (unpaired) electrons. The van der Waals surface area contributed by atoms with Crippen molar-refractivity contribution in [1.29, 1.82) is 0 Å². The van der Waals surface area contributed by atoms with E-state index >= 15 is 0 Å². The number of carbonyl (C=O) groups excluding carboxylic acids is 2. The molecule has 4 nitrogen and oxygen atoms in total. The van der Waals surface area contributed by atoms with Gasteiger partial charge in [0.1, 0.15) is 5.82 Å². The van der Waals surface area contributed by atoms with Crippen LogP contribution in [0.25, 0.3) is 0 Å². The van der Waals surface area contributed by atoms with Crippen molar-refractivity contribution in [2.75, 3.05) is 19.6 Å². The second-order valence-corrected chi connectivity index (χ2v) is 5.81. The van der Waals surface area contributed by atoms with E-state index in [1.165, 1.54) is 13.0 Å². The molecular weight excluding hydrogens is 283 g/mol. The SMILES string of the molecule is CC(=O)N(CCNC(=O)Cc1ccccc1F)CCC(C)C. The summed E-state index contributed by atoms with van der Waals surface area (Å²) in [6, 6.07) is 6.23. The highest BCUT2D eigenvalue weighted by atomic mass is 19.1. The maximum atomic E-state index is 13.4. The minimum atomic E-state index is -0.375. The Morgan fingerprint density at radius 1 is 1.23 bits per heavy atom. The minimum absolute atomic E-state index is 0.00371. The monoisotopic (exact) mass is 308 g/mol. The van der Waals surface area contributed by atoms with Crippen LogP contribution in [-0.2, 0) is 16.0 Å². The van der Waals surface area contributed by atoms with Crippen molar-refractivity contribution in [1.82, 2.24) is 10.2 Å². The van der Waals surface area contributed by atoms with Crippen molar-refractivity contribution in [3.05, 3.63) is 35.6 Å². The van der Waals surface area contributed by atoms with E-state index in [9.17, 15) is 14.0 Å². The number of amides is 2. The molecule has 0 atom stereocenters. The number of carbonyl (C=O) groups is 2. The highest BCUT2D eigenvalue weighted by molar-refractivity contribution is 5.78. The first kappa shape index (κ1) is 18.1. The van der Waals surface area contributed by atoms with Crippen LogP contribution in [0.5, 0.6) is 0 Å². The maximum Gasteiger partial charge on any atom is 0.224 e. The lowest BCUT2D eigenvalue weighted by Gasteiger charge is -2.22. The van der Waals surface area contributed by atoms with E-state index in [0.29, 0.717) is 31.1 Å². The van der Waals surface area contributed by atoms with E-state index in [1.807, 2.05) is 0 Å². The molecule has 0 aromatic heterocycles. The Kier molecular flexibility index (Phi) is 7.57. The molecule has 0 bridgehead atoms. The Hall–Kier alpha value is -1.91. The standard InChI is InChI=1S/C17H25FN2O2/c1-13(2)8-10-20(14(3)21)11-9-19-17(22)12-15-6-4-5-7-16(15)18/h4-7,13H,8-12H2,1-3H3,(H,19,22). The summed E-state index contributed by atoms with van der Waals surface area (Å²) >= 11 is 0. The molecular formula is C17H25FN2O2. The summed E-state index contributed by atoms with van der Waals surface area (Å²) < 4.78 is 13.4. The molecule has 1 aromatic carbocycles. The maximum absolute atomic E-state index is 13.4. The topological polar surface area (TPSA) is 49.4 Å². The van der Waals surface area contributed by atoms with E-state index in [-0.39, 0.29) is 24.1 Å². The quantitative estimate of drug-likeness (QED) is 0.801. The van der Waals surface area contributed by atoms with Crippen LogP contribution in [0.3, 0.4) is 0 Å². The molecule has 0 fully saturated rings.